The lowest BCUT2D eigenvalue weighted by Crippen LogP contribution is -2.45. The van der Waals surface area contributed by atoms with Gasteiger partial charge in [-0.05, 0) is 30.4 Å². The normalized spacial score (nSPS) is 33.1. The third kappa shape index (κ3) is 2.85. The van der Waals surface area contributed by atoms with E-state index in [0.717, 1.165) is 18.6 Å². The predicted octanol–water partition coefficient (Wildman–Crippen LogP) is 2.32. The van der Waals surface area contributed by atoms with Gasteiger partial charge in [0.25, 0.3) is 0 Å². The molecule has 0 saturated carbocycles. The Hall–Kier alpha value is -0.220. The molecule has 1 amide bonds. The van der Waals surface area contributed by atoms with Crippen LogP contribution in [0.5, 0.6) is 0 Å². The van der Waals surface area contributed by atoms with Gasteiger partial charge in [-0.1, -0.05) is 27.7 Å². The van der Waals surface area contributed by atoms with E-state index in [1.807, 2.05) is 11.8 Å². The fraction of sp³-hybridized carbons (Fsp3) is 0.929. The summed E-state index contributed by atoms with van der Waals surface area (Å²) in [5.41, 5.74) is 0. The average molecular weight is 270 g/mol. The summed E-state index contributed by atoms with van der Waals surface area (Å²) < 4.78 is 0. The monoisotopic (exact) mass is 270 g/mol. The van der Waals surface area contributed by atoms with E-state index in [9.17, 15) is 4.79 Å². The molecule has 0 aromatic rings. The van der Waals surface area contributed by atoms with Gasteiger partial charge < -0.3 is 4.90 Å². The molecule has 2 fully saturated rings. The Bertz CT molecular complexity index is 300. The largest absolute Gasteiger partial charge is 0.322 e. The van der Waals surface area contributed by atoms with E-state index < -0.39 is 0 Å². The van der Waals surface area contributed by atoms with Crippen molar-refractivity contribution in [1.29, 1.82) is 0 Å². The average Bonchev–Trinajstić information content (AvgIpc) is 2.85. The number of carbonyl (C=O) groups is 1. The highest BCUT2D eigenvalue weighted by atomic mass is 32.2. The summed E-state index contributed by atoms with van der Waals surface area (Å²) in [6.07, 6.45) is 2.49. The molecule has 1 N–H and O–H groups in total. The van der Waals surface area contributed by atoms with Crippen LogP contribution in [0.4, 0.5) is 0 Å². The lowest BCUT2D eigenvalue weighted by Gasteiger charge is -2.30. The number of hydrogen-bond acceptors (Lipinski definition) is 3. The van der Waals surface area contributed by atoms with Gasteiger partial charge in [-0.2, -0.15) is 11.8 Å². The van der Waals surface area contributed by atoms with Crippen molar-refractivity contribution in [3.63, 3.8) is 0 Å². The molecule has 0 aromatic carbocycles. The van der Waals surface area contributed by atoms with Crippen LogP contribution >= 0.6 is 11.8 Å². The molecule has 3 unspecified atom stereocenters. The summed E-state index contributed by atoms with van der Waals surface area (Å²) >= 11 is 1.98. The van der Waals surface area contributed by atoms with E-state index in [1.54, 1.807) is 0 Å². The number of thioether (sulfide) groups is 1. The van der Waals surface area contributed by atoms with E-state index in [1.165, 1.54) is 5.75 Å². The van der Waals surface area contributed by atoms with Gasteiger partial charge in [0.05, 0.1) is 12.2 Å². The van der Waals surface area contributed by atoms with Crippen molar-refractivity contribution in [1.82, 2.24) is 10.2 Å². The van der Waals surface area contributed by atoms with Gasteiger partial charge in [0.2, 0.25) is 5.91 Å². The molecule has 0 aliphatic carbocycles. The van der Waals surface area contributed by atoms with Crippen molar-refractivity contribution in [3.8, 4) is 0 Å². The molecule has 2 aliphatic heterocycles. The Balaban J connectivity index is 2.12. The summed E-state index contributed by atoms with van der Waals surface area (Å²) in [6, 6.07) is 0.488. The zero-order chi connectivity index (χ0) is 13.3. The van der Waals surface area contributed by atoms with Crippen LogP contribution in [0.15, 0.2) is 0 Å². The molecule has 2 heterocycles. The van der Waals surface area contributed by atoms with Crippen molar-refractivity contribution in [2.24, 2.45) is 11.8 Å². The first-order valence-corrected chi connectivity index (χ1v) is 8.32. The van der Waals surface area contributed by atoms with Gasteiger partial charge in [0.15, 0.2) is 0 Å². The Labute approximate surface area is 115 Å². The second-order valence-electron chi connectivity index (χ2n) is 6.30. The molecular weight excluding hydrogens is 244 g/mol. The molecule has 4 heteroatoms. The standard InChI is InChI=1S/C14H26N2OS/c1-9(2)7-12-15-13(10(3)4)14(17)16(12)11-5-6-18-8-11/h9-13,15H,5-8H2,1-4H3. The Kier molecular flexibility index (Phi) is 4.59. The second kappa shape index (κ2) is 5.83. The Morgan fingerprint density at radius 1 is 1.39 bits per heavy atom. The van der Waals surface area contributed by atoms with Gasteiger partial charge in [-0.15, -0.1) is 0 Å². The minimum absolute atomic E-state index is 0.0272. The van der Waals surface area contributed by atoms with Crippen molar-refractivity contribution in [2.45, 2.75) is 58.8 Å². The zero-order valence-electron chi connectivity index (χ0n) is 12.0. The molecule has 2 rings (SSSR count). The van der Waals surface area contributed by atoms with E-state index in [2.05, 4.69) is 37.9 Å². The number of amides is 1. The van der Waals surface area contributed by atoms with Crippen molar-refractivity contribution in [3.05, 3.63) is 0 Å². The van der Waals surface area contributed by atoms with Crippen molar-refractivity contribution in [2.75, 3.05) is 11.5 Å². The topological polar surface area (TPSA) is 32.3 Å². The van der Waals surface area contributed by atoms with Crippen LogP contribution in [0.25, 0.3) is 0 Å². The molecule has 3 nitrogen and oxygen atoms in total. The minimum atomic E-state index is 0.0272. The maximum Gasteiger partial charge on any atom is 0.241 e. The maximum atomic E-state index is 12.6. The quantitative estimate of drug-likeness (QED) is 0.851. The summed E-state index contributed by atoms with van der Waals surface area (Å²) in [5, 5.41) is 3.57. The van der Waals surface area contributed by atoms with Crippen molar-refractivity contribution < 1.29 is 4.79 Å². The van der Waals surface area contributed by atoms with E-state index in [4.69, 9.17) is 0 Å². The Morgan fingerprint density at radius 3 is 2.61 bits per heavy atom. The third-order valence-electron chi connectivity index (χ3n) is 3.89. The highest BCUT2D eigenvalue weighted by Crippen LogP contribution is 2.30. The minimum Gasteiger partial charge on any atom is -0.322 e. The van der Waals surface area contributed by atoms with Crippen LogP contribution in [0.3, 0.4) is 0 Å². The Morgan fingerprint density at radius 2 is 2.11 bits per heavy atom. The molecule has 0 radical (unpaired) electrons. The van der Waals surface area contributed by atoms with E-state index in [0.29, 0.717) is 23.8 Å². The summed E-state index contributed by atoms with van der Waals surface area (Å²) in [7, 11) is 0. The van der Waals surface area contributed by atoms with E-state index >= 15 is 0 Å². The molecular formula is C14H26N2OS. The van der Waals surface area contributed by atoms with Crippen LogP contribution in [0.2, 0.25) is 0 Å². The highest BCUT2D eigenvalue weighted by molar-refractivity contribution is 7.99. The fourth-order valence-corrected chi connectivity index (χ4v) is 4.16. The van der Waals surface area contributed by atoms with Gasteiger partial charge in [-0.3, -0.25) is 10.1 Å². The van der Waals surface area contributed by atoms with E-state index in [-0.39, 0.29) is 12.2 Å². The summed E-state index contributed by atoms with van der Waals surface area (Å²) in [5.74, 6) is 3.66. The van der Waals surface area contributed by atoms with Crippen LogP contribution in [0, 0.1) is 11.8 Å². The molecule has 0 bridgehead atoms. The van der Waals surface area contributed by atoms with Gasteiger partial charge in [0, 0.05) is 11.8 Å². The molecule has 18 heavy (non-hydrogen) atoms. The van der Waals surface area contributed by atoms with Crippen LogP contribution in [-0.2, 0) is 4.79 Å². The smallest absolute Gasteiger partial charge is 0.241 e. The van der Waals surface area contributed by atoms with Crippen LogP contribution < -0.4 is 5.32 Å². The fourth-order valence-electron chi connectivity index (χ4n) is 2.95. The molecule has 3 atom stereocenters. The third-order valence-corrected chi connectivity index (χ3v) is 5.03. The first-order valence-electron chi connectivity index (χ1n) is 7.16. The van der Waals surface area contributed by atoms with Gasteiger partial charge >= 0.3 is 0 Å². The number of carbonyl (C=O) groups excluding carboxylic acids is 1. The maximum absolute atomic E-state index is 12.6. The number of rotatable bonds is 4. The first kappa shape index (κ1) is 14.2. The molecule has 104 valence electrons. The van der Waals surface area contributed by atoms with Crippen LogP contribution in [-0.4, -0.2) is 40.6 Å². The zero-order valence-corrected chi connectivity index (χ0v) is 12.8. The number of hydrogen-bond donors (Lipinski definition) is 1. The van der Waals surface area contributed by atoms with Gasteiger partial charge in [0.1, 0.15) is 0 Å². The first-order chi connectivity index (χ1) is 8.50. The van der Waals surface area contributed by atoms with Crippen LogP contribution in [0.1, 0.15) is 40.5 Å². The molecule has 2 aliphatic rings. The SMILES string of the molecule is CC(C)CC1NC(C(C)C)C(=O)N1C1CCSC1. The molecule has 0 aromatic heterocycles. The number of nitrogens with one attached hydrogen (secondary N) is 1. The lowest BCUT2D eigenvalue weighted by molar-refractivity contribution is -0.132. The molecule has 2 saturated heterocycles. The summed E-state index contributed by atoms with van der Waals surface area (Å²) in [4.78, 5) is 14.8. The second-order valence-corrected chi connectivity index (χ2v) is 7.45. The van der Waals surface area contributed by atoms with Gasteiger partial charge in [-0.25, -0.2) is 0 Å². The number of nitrogens with zero attached hydrogens (tertiary/aromatic N) is 1. The predicted molar refractivity (Wildman–Crippen MR) is 77.6 cm³/mol. The van der Waals surface area contributed by atoms with Crippen molar-refractivity contribution >= 4 is 17.7 Å². The molecule has 0 spiro atoms. The lowest BCUT2D eigenvalue weighted by atomic mass is 10.0. The summed E-state index contributed by atoms with van der Waals surface area (Å²) in [6.45, 7) is 8.73. The highest BCUT2D eigenvalue weighted by Gasteiger charge is 2.44.